The van der Waals surface area contributed by atoms with E-state index in [0.717, 1.165) is 0 Å². The molecular weight excluding hydrogens is 204 g/mol. The quantitative estimate of drug-likeness (QED) is 0.658. The van der Waals surface area contributed by atoms with Gasteiger partial charge in [-0.1, -0.05) is 13.8 Å². The van der Waals surface area contributed by atoms with Gasteiger partial charge in [-0.3, -0.25) is 0 Å². The molecule has 0 bridgehead atoms. The molecule has 0 heterocycles. The van der Waals surface area contributed by atoms with Gasteiger partial charge in [0.05, 0.1) is 12.2 Å². The Bertz CT molecular complexity index is 294. The Hall–Kier alpha value is -0.640. The van der Waals surface area contributed by atoms with Crippen molar-refractivity contribution in [2.45, 2.75) is 38.0 Å². The third-order valence-electron chi connectivity index (χ3n) is 1.88. The van der Waals surface area contributed by atoms with Crippen LogP contribution in [0.3, 0.4) is 0 Å². The van der Waals surface area contributed by atoms with Crippen molar-refractivity contribution in [2.24, 2.45) is 0 Å². The summed E-state index contributed by atoms with van der Waals surface area (Å²) in [5.74, 6) is 0. The van der Waals surface area contributed by atoms with Gasteiger partial charge >= 0.3 is 0 Å². The average molecular weight is 220 g/mol. The number of aliphatic hydroxyl groups is 1. The Morgan fingerprint density at radius 2 is 2.00 bits per heavy atom. The van der Waals surface area contributed by atoms with Crippen molar-refractivity contribution in [2.75, 3.05) is 6.54 Å². The standard InChI is InChI=1S/C8H16N2O3S/c1-3-7(11)6-10-14(12,13)8(4-2)5-9/h7-8,10-11H,3-4,6H2,1-2H3. The molecule has 5 nitrogen and oxygen atoms in total. The lowest BCUT2D eigenvalue weighted by Gasteiger charge is -2.12. The molecule has 0 fully saturated rings. The lowest BCUT2D eigenvalue weighted by atomic mass is 10.3. The van der Waals surface area contributed by atoms with Crippen molar-refractivity contribution < 1.29 is 13.5 Å². The molecule has 0 aromatic rings. The predicted octanol–water partition coefficient (Wildman–Crippen LogP) is -0.0211. The van der Waals surface area contributed by atoms with Crippen molar-refractivity contribution in [3.8, 4) is 6.07 Å². The second kappa shape index (κ2) is 5.96. The van der Waals surface area contributed by atoms with Crippen LogP contribution in [0.2, 0.25) is 0 Å². The van der Waals surface area contributed by atoms with E-state index in [1.54, 1.807) is 19.9 Å². The Morgan fingerprint density at radius 3 is 2.36 bits per heavy atom. The molecule has 0 saturated carbocycles. The monoisotopic (exact) mass is 220 g/mol. The van der Waals surface area contributed by atoms with Crippen LogP contribution in [0.15, 0.2) is 0 Å². The zero-order chi connectivity index (χ0) is 11.2. The van der Waals surface area contributed by atoms with Gasteiger partial charge in [0.1, 0.15) is 0 Å². The molecule has 0 amide bonds. The van der Waals surface area contributed by atoms with Gasteiger partial charge in [-0.2, -0.15) is 5.26 Å². The number of hydrogen-bond acceptors (Lipinski definition) is 4. The van der Waals surface area contributed by atoms with E-state index in [1.165, 1.54) is 0 Å². The fourth-order valence-corrected chi connectivity index (χ4v) is 2.04. The van der Waals surface area contributed by atoms with E-state index >= 15 is 0 Å². The SMILES string of the molecule is CCC(O)CNS(=O)(=O)C(C#N)CC. The van der Waals surface area contributed by atoms with Gasteiger partial charge in [0.25, 0.3) is 0 Å². The molecule has 0 spiro atoms. The molecule has 2 N–H and O–H groups in total. The van der Waals surface area contributed by atoms with Gasteiger partial charge < -0.3 is 5.11 Å². The number of sulfonamides is 1. The molecule has 6 heteroatoms. The number of nitrogens with one attached hydrogen (secondary N) is 1. The Morgan fingerprint density at radius 1 is 1.43 bits per heavy atom. The van der Waals surface area contributed by atoms with Gasteiger partial charge in [0.2, 0.25) is 10.0 Å². The summed E-state index contributed by atoms with van der Waals surface area (Å²) >= 11 is 0. The smallest absolute Gasteiger partial charge is 0.228 e. The molecule has 0 aromatic heterocycles. The van der Waals surface area contributed by atoms with Gasteiger partial charge in [-0.25, -0.2) is 13.1 Å². The molecule has 14 heavy (non-hydrogen) atoms. The van der Waals surface area contributed by atoms with E-state index in [9.17, 15) is 8.42 Å². The first-order valence-corrected chi connectivity index (χ1v) is 6.08. The molecule has 0 saturated heterocycles. The Labute approximate surface area is 84.8 Å². The number of aliphatic hydroxyl groups excluding tert-OH is 1. The molecule has 2 atom stereocenters. The summed E-state index contributed by atoms with van der Waals surface area (Å²) in [4.78, 5) is 0. The first-order chi connectivity index (χ1) is 6.47. The minimum atomic E-state index is -3.60. The topological polar surface area (TPSA) is 90.2 Å². The molecule has 2 unspecified atom stereocenters. The van der Waals surface area contributed by atoms with Crippen LogP contribution >= 0.6 is 0 Å². The van der Waals surface area contributed by atoms with E-state index in [0.29, 0.717) is 6.42 Å². The molecule has 82 valence electrons. The maximum absolute atomic E-state index is 11.4. The number of hydrogen-bond donors (Lipinski definition) is 2. The van der Waals surface area contributed by atoms with Crippen LogP contribution in [0.1, 0.15) is 26.7 Å². The first kappa shape index (κ1) is 13.4. The number of rotatable bonds is 6. The van der Waals surface area contributed by atoms with Gasteiger partial charge in [-0.15, -0.1) is 0 Å². The summed E-state index contributed by atoms with van der Waals surface area (Å²) in [6, 6.07) is 1.70. The number of nitrogens with zero attached hydrogens (tertiary/aromatic N) is 1. The van der Waals surface area contributed by atoms with Gasteiger partial charge in [0, 0.05) is 6.54 Å². The normalized spacial score (nSPS) is 15.9. The summed E-state index contributed by atoms with van der Waals surface area (Å²) in [6.07, 6.45) is 0.0286. The predicted molar refractivity (Wildman–Crippen MR) is 52.9 cm³/mol. The van der Waals surface area contributed by atoms with Gasteiger partial charge in [-0.05, 0) is 12.8 Å². The van der Waals surface area contributed by atoms with Crippen LogP contribution in [0.5, 0.6) is 0 Å². The second-order valence-corrected chi connectivity index (χ2v) is 4.93. The summed E-state index contributed by atoms with van der Waals surface area (Å²) in [6.45, 7) is 3.35. The van der Waals surface area contributed by atoms with Crippen LogP contribution < -0.4 is 4.72 Å². The van der Waals surface area contributed by atoms with Crippen LogP contribution in [0.25, 0.3) is 0 Å². The fraction of sp³-hybridized carbons (Fsp3) is 0.875. The van der Waals surface area contributed by atoms with Crippen molar-refractivity contribution in [3.05, 3.63) is 0 Å². The Kier molecular flexibility index (Phi) is 5.69. The summed E-state index contributed by atoms with van der Waals surface area (Å²) in [5.41, 5.74) is 0. The van der Waals surface area contributed by atoms with Crippen LogP contribution in [-0.4, -0.2) is 31.4 Å². The fourth-order valence-electron chi connectivity index (χ4n) is 0.837. The van der Waals surface area contributed by atoms with E-state index in [1.807, 2.05) is 0 Å². The maximum Gasteiger partial charge on any atom is 0.228 e. The van der Waals surface area contributed by atoms with E-state index in [4.69, 9.17) is 10.4 Å². The third kappa shape index (κ3) is 4.05. The van der Waals surface area contributed by atoms with Gasteiger partial charge in [0.15, 0.2) is 5.25 Å². The van der Waals surface area contributed by atoms with E-state index < -0.39 is 21.4 Å². The van der Waals surface area contributed by atoms with E-state index in [-0.39, 0.29) is 13.0 Å². The summed E-state index contributed by atoms with van der Waals surface area (Å²) in [5, 5.41) is 16.7. The first-order valence-electron chi connectivity index (χ1n) is 4.54. The minimum absolute atomic E-state index is 0.0307. The van der Waals surface area contributed by atoms with E-state index in [2.05, 4.69) is 4.72 Å². The largest absolute Gasteiger partial charge is 0.392 e. The highest BCUT2D eigenvalue weighted by Crippen LogP contribution is 2.02. The minimum Gasteiger partial charge on any atom is -0.392 e. The van der Waals surface area contributed by atoms with Crippen molar-refractivity contribution >= 4 is 10.0 Å². The molecule has 0 rings (SSSR count). The summed E-state index contributed by atoms with van der Waals surface area (Å²) < 4.78 is 24.9. The summed E-state index contributed by atoms with van der Waals surface area (Å²) in [7, 11) is -3.60. The highest BCUT2D eigenvalue weighted by Gasteiger charge is 2.23. The highest BCUT2D eigenvalue weighted by atomic mass is 32.2. The maximum atomic E-state index is 11.4. The van der Waals surface area contributed by atoms with Crippen LogP contribution in [-0.2, 0) is 10.0 Å². The molecular formula is C8H16N2O3S. The molecule has 0 radical (unpaired) electrons. The van der Waals surface area contributed by atoms with Crippen molar-refractivity contribution in [3.63, 3.8) is 0 Å². The van der Waals surface area contributed by atoms with Crippen LogP contribution in [0.4, 0.5) is 0 Å². The zero-order valence-corrected chi connectivity index (χ0v) is 9.21. The molecule has 0 aliphatic carbocycles. The third-order valence-corrected chi connectivity index (χ3v) is 3.64. The second-order valence-electron chi connectivity index (χ2n) is 2.98. The number of nitriles is 1. The highest BCUT2D eigenvalue weighted by molar-refractivity contribution is 7.90. The average Bonchev–Trinajstić information content (AvgIpc) is 2.15. The van der Waals surface area contributed by atoms with Crippen molar-refractivity contribution in [1.29, 1.82) is 5.26 Å². The van der Waals surface area contributed by atoms with Crippen LogP contribution in [0, 0.1) is 11.3 Å². The molecule has 0 aliphatic heterocycles. The zero-order valence-electron chi connectivity index (χ0n) is 8.40. The lowest BCUT2D eigenvalue weighted by Crippen LogP contribution is -2.37. The Balaban J connectivity index is 4.29. The molecule has 0 aromatic carbocycles. The molecule has 0 aliphatic rings. The lowest BCUT2D eigenvalue weighted by molar-refractivity contribution is 0.174. The van der Waals surface area contributed by atoms with Crippen molar-refractivity contribution in [1.82, 2.24) is 4.72 Å².